The average Bonchev–Trinajstić information content (AvgIpc) is 3.20. The van der Waals surface area contributed by atoms with Gasteiger partial charge in [-0.15, -0.1) is 0 Å². The van der Waals surface area contributed by atoms with Crippen molar-refractivity contribution in [1.82, 2.24) is 23.6 Å². The lowest BCUT2D eigenvalue weighted by molar-refractivity contribution is 0.144. The van der Waals surface area contributed by atoms with Crippen LogP contribution in [0, 0.1) is 4.77 Å². The van der Waals surface area contributed by atoms with Crippen LogP contribution in [0.2, 0.25) is 0 Å². The van der Waals surface area contributed by atoms with E-state index < -0.39 is 10.0 Å². The van der Waals surface area contributed by atoms with Crippen molar-refractivity contribution < 1.29 is 17.9 Å². The SMILES string of the molecule is CCOc1ccc(S(=O)(=O)N2CCN(Cn3ncn(-c4cccc(OC)c4)c3=S)CC2)cc1. The lowest BCUT2D eigenvalue weighted by Crippen LogP contribution is -2.48. The van der Waals surface area contributed by atoms with Crippen molar-refractivity contribution in [2.75, 3.05) is 39.9 Å². The first-order chi connectivity index (χ1) is 15.9. The van der Waals surface area contributed by atoms with Gasteiger partial charge in [0.05, 0.1) is 31.0 Å². The molecule has 0 N–H and O–H groups in total. The van der Waals surface area contributed by atoms with Crippen LogP contribution < -0.4 is 9.47 Å². The van der Waals surface area contributed by atoms with Gasteiger partial charge in [0.15, 0.2) is 0 Å². The third kappa shape index (κ3) is 5.11. The first-order valence-electron chi connectivity index (χ1n) is 10.7. The summed E-state index contributed by atoms with van der Waals surface area (Å²) in [5, 5.41) is 4.43. The molecule has 0 aliphatic carbocycles. The number of hydrogen-bond donors (Lipinski definition) is 0. The highest BCUT2D eigenvalue weighted by Gasteiger charge is 2.28. The summed E-state index contributed by atoms with van der Waals surface area (Å²) in [6, 6.07) is 14.2. The molecule has 3 aromatic rings. The Morgan fingerprint density at radius 1 is 1.03 bits per heavy atom. The molecule has 0 atom stereocenters. The Hall–Kier alpha value is -2.73. The Labute approximate surface area is 198 Å². The van der Waals surface area contributed by atoms with E-state index in [1.54, 1.807) is 42.4 Å². The first-order valence-corrected chi connectivity index (χ1v) is 12.5. The standard InChI is InChI=1S/C22H27N5O4S2/c1-3-31-19-7-9-21(10-8-19)33(28,29)25-13-11-24(12-14-25)17-27-22(32)26(16-23-27)18-5-4-6-20(15-18)30-2/h4-10,15-16H,3,11-14,17H2,1-2H3. The van der Waals surface area contributed by atoms with Crippen LogP contribution in [0.15, 0.2) is 59.8 Å². The van der Waals surface area contributed by atoms with Gasteiger partial charge in [0.25, 0.3) is 0 Å². The molecule has 176 valence electrons. The Bertz CT molecular complexity index is 1250. The maximum Gasteiger partial charge on any atom is 0.243 e. The monoisotopic (exact) mass is 489 g/mol. The third-order valence-corrected chi connectivity index (χ3v) is 7.82. The zero-order chi connectivity index (χ0) is 23.4. The number of nitrogens with zero attached hydrogens (tertiary/aromatic N) is 5. The molecule has 0 amide bonds. The lowest BCUT2D eigenvalue weighted by Gasteiger charge is -2.33. The summed E-state index contributed by atoms with van der Waals surface area (Å²) in [7, 11) is -1.92. The van der Waals surface area contributed by atoms with Gasteiger partial charge in [0.1, 0.15) is 17.8 Å². The molecule has 1 fully saturated rings. The smallest absolute Gasteiger partial charge is 0.243 e. The molecule has 1 saturated heterocycles. The van der Waals surface area contributed by atoms with Gasteiger partial charge in [0, 0.05) is 32.2 Å². The Morgan fingerprint density at radius 3 is 2.42 bits per heavy atom. The number of sulfonamides is 1. The summed E-state index contributed by atoms with van der Waals surface area (Å²) in [6.45, 7) is 4.90. The highest BCUT2D eigenvalue weighted by atomic mass is 32.2. The second-order valence-corrected chi connectivity index (χ2v) is 9.86. The first kappa shape index (κ1) is 23.4. The molecule has 0 saturated carbocycles. The number of rotatable bonds is 8. The number of piperazine rings is 1. The maximum absolute atomic E-state index is 13.0. The molecule has 1 aliphatic rings. The molecule has 4 rings (SSSR count). The highest BCUT2D eigenvalue weighted by Crippen LogP contribution is 2.21. The van der Waals surface area contributed by atoms with E-state index >= 15 is 0 Å². The number of hydrogen-bond acceptors (Lipinski definition) is 7. The quantitative estimate of drug-likeness (QED) is 0.450. The third-order valence-electron chi connectivity index (χ3n) is 5.50. The minimum Gasteiger partial charge on any atom is -0.497 e. The van der Waals surface area contributed by atoms with Crippen LogP contribution in [0.1, 0.15) is 6.92 Å². The van der Waals surface area contributed by atoms with Gasteiger partial charge in [-0.2, -0.15) is 9.40 Å². The van der Waals surface area contributed by atoms with Gasteiger partial charge in [-0.3, -0.25) is 9.47 Å². The van der Waals surface area contributed by atoms with Crippen molar-refractivity contribution in [1.29, 1.82) is 0 Å². The fourth-order valence-corrected chi connectivity index (χ4v) is 5.38. The zero-order valence-electron chi connectivity index (χ0n) is 18.6. The average molecular weight is 490 g/mol. The van der Waals surface area contributed by atoms with E-state index in [9.17, 15) is 8.42 Å². The van der Waals surface area contributed by atoms with Gasteiger partial charge in [-0.1, -0.05) is 6.07 Å². The summed E-state index contributed by atoms with van der Waals surface area (Å²) >= 11 is 5.61. The van der Waals surface area contributed by atoms with Crippen LogP contribution in [-0.4, -0.2) is 71.9 Å². The zero-order valence-corrected chi connectivity index (χ0v) is 20.3. The minimum atomic E-state index is -3.54. The topological polar surface area (TPSA) is 81.8 Å². The summed E-state index contributed by atoms with van der Waals surface area (Å²) in [5.41, 5.74) is 0.872. The summed E-state index contributed by atoms with van der Waals surface area (Å²) in [4.78, 5) is 2.42. The van der Waals surface area contributed by atoms with E-state index in [0.717, 1.165) is 11.4 Å². The van der Waals surface area contributed by atoms with Gasteiger partial charge in [-0.05, 0) is 55.5 Å². The van der Waals surface area contributed by atoms with Crippen LogP contribution in [0.25, 0.3) is 5.69 Å². The Morgan fingerprint density at radius 2 is 1.76 bits per heavy atom. The van der Waals surface area contributed by atoms with Crippen molar-refractivity contribution in [2.24, 2.45) is 0 Å². The number of ether oxygens (including phenoxy) is 2. The fraction of sp³-hybridized carbons (Fsp3) is 0.364. The van der Waals surface area contributed by atoms with E-state index in [4.69, 9.17) is 21.7 Å². The summed E-state index contributed by atoms with van der Waals surface area (Å²) in [5.74, 6) is 1.40. The summed E-state index contributed by atoms with van der Waals surface area (Å²) in [6.07, 6.45) is 1.68. The van der Waals surface area contributed by atoms with Crippen LogP contribution >= 0.6 is 12.2 Å². The molecule has 0 radical (unpaired) electrons. The van der Waals surface area contributed by atoms with Crippen molar-refractivity contribution >= 4 is 22.2 Å². The molecule has 33 heavy (non-hydrogen) atoms. The van der Waals surface area contributed by atoms with Crippen LogP contribution in [0.3, 0.4) is 0 Å². The lowest BCUT2D eigenvalue weighted by atomic mass is 10.3. The van der Waals surface area contributed by atoms with Crippen molar-refractivity contribution in [3.05, 3.63) is 59.6 Å². The van der Waals surface area contributed by atoms with E-state index in [1.807, 2.05) is 35.8 Å². The molecule has 1 aromatic heterocycles. The second kappa shape index (κ2) is 10.0. The molecule has 0 spiro atoms. The van der Waals surface area contributed by atoms with Crippen molar-refractivity contribution in [3.8, 4) is 17.2 Å². The molecular formula is C22H27N5O4S2. The maximum atomic E-state index is 13.0. The van der Waals surface area contributed by atoms with E-state index in [-0.39, 0.29) is 4.90 Å². The molecule has 0 unspecified atom stereocenters. The molecule has 0 bridgehead atoms. The number of benzene rings is 2. The molecular weight excluding hydrogens is 462 g/mol. The second-order valence-electron chi connectivity index (χ2n) is 7.55. The van der Waals surface area contributed by atoms with Gasteiger partial charge in [0.2, 0.25) is 14.8 Å². The Kier molecular flexibility index (Phi) is 7.13. The van der Waals surface area contributed by atoms with Crippen molar-refractivity contribution in [3.63, 3.8) is 0 Å². The van der Waals surface area contributed by atoms with Crippen LogP contribution in [0.4, 0.5) is 0 Å². The van der Waals surface area contributed by atoms with E-state index in [0.29, 0.717) is 50.0 Å². The number of methoxy groups -OCH3 is 1. The molecule has 1 aliphatic heterocycles. The van der Waals surface area contributed by atoms with Gasteiger partial charge < -0.3 is 9.47 Å². The molecule has 2 heterocycles. The molecule has 2 aromatic carbocycles. The predicted molar refractivity (Wildman–Crippen MR) is 127 cm³/mol. The predicted octanol–water partition coefficient (Wildman–Crippen LogP) is 2.77. The van der Waals surface area contributed by atoms with Crippen molar-refractivity contribution in [2.45, 2.75) is 18.5 Å². The van der Waals surface area contributed by atoms with Crippen LogP contribution in [0.5, 0.6) is 11.5 Å². The largest absolute Gasteiger partial charge is 0.497 e. The normalized spacial score (nSPS) is 15.5. The van der Waals surface area contributed by atoms with Gasteiger partial charge >= 0.3 is 0 Å². The van der Waals surface area contributed by atoms with E-state index in [1.165, 1.54) is 4.31 Å². The fourth-order valence-electron chi connectivity index (χ4n) is 3.70. The van der Waals surface area contributed by atoms with E-state index in [2.05, 4.69) is 10.00 Å². The summed E-state index contributed by atoms with van der Waals surface area (Å²) < 4.78 is 42.4. The molecule has 9 nitrogen and oxygen atoms in total. The molecule has 11 heteroatoms. The minimum absolute atomic E-state index is 0.277. The van der Waals surface area contributed by atoms with Crippen LogP contribution in [-0.2, 0) is 16.7 Å². The number of aromatic nitrogens is 3. The van der Waals surface area contributed by atoms with Gasteiger partial charge in [-0.25, -0.2) is 13.1 Å². The highest BCUT2D eigenvalue weighted by molar-refractivity contribution is 7.89. The Balaban J connectivity index is 1.39.